The van der Waals surface area contributed by atoms with Gasteiger partial charge in [0.1, 0.15) is 11.5 Å². The number of rotatable bonds is 6. The van der Waals surface area contributed by atoms with Gasteiger partial charge in [-0.2, -0.15) is 13.2 Å². The van der Waals surface area contributed by atoms with Crippen LogP contribution in [0.5, 0.6) is 0 Å². The Kier molecular flexibility index (Phi) is 5.80. The zero-order chi connectivity index (χ0) is 15.3. The maximum atomic E-state index is 12.5. The normalized spacial score (nSPS) is 12.5. The highest BCUT2D eigenvalue weighted by molar-refractivity contribution is 5.35. The van der Waals surface area contributed by atoms with Gasteiger partial charge in [-0.1, -0.05) is 6.07 Å². The molecule has 0 fully saturated rings. The summed E-state index contributed by atoms with van der Waals surface area (Å²) in [4.78, 5) is 5.84. The van der Waals surface area contributed by atoms with Gasteiger partial charge in [0.05, 0.1) is 0 Å². The fourth-order valence-corrected chi connectivity index (χ4v) is 2.12. The van der Waals surface area contributed by atoms with E-state index in [0.29, 0.717) is 18.6 Å². The molecule has 0 saturated carbocycles. The van der Waals surface area contributed by atoms with Crippen LogP contribution in [0.1, 0.15) is 33.4 Å². The van der Waals surface area contributed by atoms with Crippen LogP contribution in [0.3, 0.4) is 0 Å². The molecule has 6 heteroatoms. The number of alkyl halides is 3. The predicted octanol–water partition coefficient (Wildman–Crippen LogP) is 3.63. The van der Waals surface area contributed by atoms with Crippen molar-refractivity contribution in [3.05, 3.63) is 23.9 Å². The summed E-state index contributed by atoms with van der Waals surface area (Å²) >= 11 is 0. The number of halogens is 3. The molecule has 1 rings (SSSR count). The van der Waals surface area contributed by atoms with Gasteiger partial charge in [0, 0.05) is 25.2 Å². The monoisotopic (exact) mass is 289 g/mol. The minimum Gasteiger partial charge on any atom is -0.369 e. The lowest BCUT2D eigenvalue weighted by atomic mass is 10.2. The molecule has 0 spiro atoms. The third-order valence-corrected chi connectivity index (χ3v) is 3.04. The molecule has 114 valence electrons. The van der Waals surface area contributed by atoms with E-state index in [1.165, 1.54) is 6.07 Å². The van der Waals surface area contributed by atoms with Crippen molar-refractivity contribution in [1.29, 1.82) is 0 Å². The van der Waals surface area contributed by atoms with Gasteiger partial charge in [-0.3, -0.25) is 4.90 Å². The SMILES string of the molecule is CC(C)N(CCNc1cccc(C(F)(F)F)n1)C(C)C. The van der Waals surface area contributed by atoms with E-state index in [4.69, 9.17) is 0 Å². The third-order valence-electron chi connectivity index (χ3n) is 3.04. The fraction of sp³-hybridized carbons (Fsp3) is 0.643. The van der Waals surface area contributed by atoms with Crippen LogP contribution in [0.4, 0.5) is 19.0 Å². The summed E-state index contributed by atoms with van der Waals surface area (Å²) in [6.07, 6.45) is -4.40. The summed E-state index contributed by atoms with van der Waals surface area (Å²) in [5, 5.41) is 2.94. The maximum Gasteiger partial charge on any atom is 0.433 e. The van der Waals surface area contributed by atoms with Crippen molar-refractivity contribution in [3.8, 4) is 0 Å². The zero-order valence-electron chi connectivity index (χ0n) is 12.3. The number of nitrogens with zero attached hydrogens (tertiary/aromatic N) is 2. The molecule has 0 aromatic carbocycles. The van der Waals surface area contributed by atoms with Gasteiger partial charge in [-0.05, 0) is 39.8 Å². The molecule has 0 atom stereocenters. The van der Waals surface area contributed by atoms with Crippen LogP contribution < -0.4 is 5.32 Å². The van der Waals surface area contributed by atoms with Crippen molar-refractivity contribution in [2.75, 3.05) is 18.4 Å². The Bertz CT molecular complexity index is 408. The van der Waals surface area contributed by atoms with Crippen LogP contribution in [0, 0.1) is 0 Å². The van der Waals surface area contributed by atoms with E-state index in [0.717, 1.165) is 12.6 Å². The first-order chi connectivity index (χ1) is 9.21. The second-order valence-corrected chi connectivity index (χ2v) is 5.26. The van der Waals surface area contributed by atoms with E-state index < -0.39 is 11.9 Å². The molecule has 0 saturated heterocycles. The minimum absolute atomic E-state index is 0.257. The average molecular weight is 289 g/mol. The molecule has 0 amide bonds. The minimum atomic E-state index is -4.40. The fourth-order valence-electron chi connectivity index (χ4n) is 2.12. The van der Waals surface area contributed by atoms with Crippen molar-refractivity contribution >= 4 is 5.82 Å². The van der Waals surface area contributed by atoms with Gasteiger partial charge in [-0.25, -0.2) is 4.98 Å². The van der Waals surface area contributed by atoms with Crippen molar-refractivity contribution < 1.29 is 13.2 Å². The molecule has 0 aliphatic carbocycles. The average Bonchev–Trinajstić information content (AvgIpc) is 2.33. The summed E-state index contributed by atoms with van der Waals surface area (Å²) in [5.41, 5.74) is -0.868. The van der Waals surface area contributed by atoms with E-state index in [1.807, 2.05) is 0 Å². The Labute approximate surface area is 118 Å². The first-order valence-electron chi connectivity index (χ1n) is 6.75. The molecule has 1 aromatic rings. The number of hydrogen-bond acceptors (Lipinski definition) is 3. The summed E-state index contributed by atoms with van der Waals surface area (Å²) < 4.78 is 37.6. The second kappa shape index (κ2) is 6.92. The van der Waals surface area contributed by atoms with E-state index in [1.54, 1.807) is 6.07 Å². The van der Waals surface area contributed by atoms with Crippen LogP contribution >= 0.6 is 0 Å². The molecular weight excluding hydrogens is 267 g/mol. The zero-order valence-corrected chi connectivity index (χ0v) is 12.3. The highest BCUT2D eigenvalue weighted by atomic mass is 19.4. The van der Waals surface area contributed by atoms with Crippen LogP contribution in [-0.2, 0) is 6.18 Å². The Morgan fingerprint density at radius 2 is 1.75 bits per heavy atom. The van der Waals surface area contributed by atoms with Crippen LogP contribution in [-0.4, -0.2) is 35.1 Å². The van der Waals surface area contributed by atoms with Crippen molar-refractivity contribution in [3.63, 3.8) is 0 Å². The summed E-state index contributed by atoms with van der Waals surface area (Å²) in [6.45, 7) is 9.72. The quantitative estimate of drug-likeness (QED) is 0.866. The number of aromatic nitrogens is 1. The van der Waals surface area contributed by atoms with Gasteiger partial charge in [0.15, 0.2) is 0 Å². The van der Waals surface area contributed by atoms with Crippen LogP contribution in [0.25, 0.3) is 0 Å². The number of pyridine rings is 1. The topological polar surface area (TPSA) is 28.2 Å². The van der Waals surface area contributed by atoms with Crippen LogP contribution in [0.2, 0.25) is 0 Å². The van der Waals surface area contributed by atoms with Gasteiger partial charge in [0.25, 0.3) is 0 Å². The molecule has 0 aliphatic heterocycles. The molecule has 0 aliphatic rings. The lowest BCUT2D eigenvalue weighted by molar-refractivity contribution is -0.141. The maximum absolute atomic E-state index is 12.5. The summed E-state index contributed by atoms with van der Waals surface area (Å²) in [5.74, 6) is 0.257. The van der Waals surface area contributed by atoms with Gasteiger partial charge < -0.3 is 5.32 Å². The Morgan fingerprint density at radius 1 is 1.15 bits per heavy atom. The van der Waals surface area contributed by atoms with E-state index in [2.05, 4.69) is 42.9 Å². The number of nitrogens with one attached hydrogen (secondary N) is 1. The Balaban J connectivity index is 2.58. The van der Waals surface area contributed by atoms with Crippen molar-refractivity contribution in [2.24, 2.45) is 0 Å². The molecule has 0 bridgehead atoms. The van der Waals surface area contributed by atoms with Gasteiger partial charge in [0.2, 0.25) is 0 Å². The highest BCUT2D eigenvalue weighted by Gasteiger charge is 2.32. The first kappa shape index (κ1) is 16.8. The van der Waals surface area contributed by atoms with E-state index in [-0.39, 0.29) is 5.82 Å². The Morgan fingerprint density at radius 3 is 2.25 bits per heavy atom. The number of anilines is 1. The third kappa shape index (κ3) is 5.00. The van der Waals surface area contributed by atoms with Gasteiger partial charge >= 0.3 is 6.18 Å². The lowest BCUT2D eigenvalue weighted by Crippen LogP contribution is -2.40. The summed E-state index contributed by atoms with van der Waals surface area (Å²) in [7, 11) is 0. The molecule has 0 radical (unpaired) electrons. The molecular formula is C14H22F3N3. The molecule has 1 heterocycles. The second-order valence-electron chi connectivity index (χ2n) is 5.26. The first-order valence-corrected chi connectivity index (χ1v) is 6.75. The lowest BCUT2D eigenvalue weighted by Gasteiger charge is -2.30. The Hall–Kier alpha value is -1.30. The number of hydrogen-bond donors (Lipinski definition) is 1. The van der Waals surface area contributed by atoms with Crippen molar-refractivity contribution in [2.45, 2.75) is 46.0 Å². The largest absolute Gasteiger partial charge is 0.433 e. The predicted molar refractivity (Wildman–Crippen MR) is 74.7 cm³/mol. The van der Waals surface area contributed by atoms with Crippen LogP contribution in [0.15, 0.2) is 18.2 Å². The molecule has 20 heavy (non-hydrogen) atoms. The van der Waals surface area contributed by atoms with Crippen molar-refractivity contribution in [1.82, 2.24) is 9.88 Å². The highest BCUT2D eigenvalue weighted by Crippen LogP contribution is 2.28. The molecule has 3 nitrogen and oxygen atoms in total. The van der Waals surface area contributed by atoms with E-state index in [9.17, 15) is 13.2 Å². The summed E-state index contributed by atoms with van der Waals surface area (Å²) in [6, 6.07) is 4.67. The standard InChI is InChI=1S/C14H22F3N3/c1-10(2)20(11(3)4)9-8-18-13-7-5-6-12(19-13)14(15,16)17/h5-7,10-11H,8-9H2,1-4H3,(H,18,19). The smallest absolute Gasteiger partial charge is 0.369 e. The molecule has 0 unspecified atom stereocenters. The molecule has 1 aromatic heterocycles. The van der Waals surface area contributed by atoms with E-state index >= 15 is 0 Å². The van der Waals surface area contributed by atoms with Gasteiger partial charge in [-0.15, -0.1) is 0 Å². The molecule has 1 N–H and O–H groups in total.